The van der Waals surface area contributed by atoms with Gasteiger partial charge in [0.25, 0.3) is 0 Å². The van der Waals surface area contributed by atoms with Gasteiger partial charge in [0, 0.05) is 31.7 Å². The van der Waals surface area contributed by atoms with Crippen molar-refractivity contribution in [3.05, 3.63) is 18.0 Å². The molecule has 1 aliphatic carbocycles. The Morgan fingerprint density at radius 1 is 1.41 bits per heavy atom. The molecule has 0 spiro atoms. The molecule has 2 N–H and O–H groups in total. The lowest BCUT2D eigenvalue weighted by molar-refractivity contribution is -0.138. The third-order valence-electron chi connectivity index (χ3n) is 3.79. The van der Waals surface area contributed by atoms with Crippen LogP contribution in [0, 0.1) is 0 Å². The van der Waals surface area contributed by atoms with E-state index in [1.54, 1.807) is 6.20 Å². The molecule has 1 aliphatic heterocycles. The van der Waals surface area contributed by atoms with Crippen molar-refractivity contribution < 1.29 is 4.79 Å². The molecule has 17 heavy (non-hydrogen) atoms. The molecule has 92 valence electrons. The first-order valence-electron chi connectivity index (χ1n) is 6.23. The first kappa shape index (κ1) is 10.8. The molecule has 2 atom stereocenters. The molecule has 2 aliphatic rings. The van der Waals surface area contributed by atoms with E-state index in [4.69, 9.17) is 5.73 Å². The molecule has 0 unspecified atom stereocenters. The predicted octanol–water partition coefficient (Wildman–Crippen LogP) is 0.573. The second-order valence-electron chi connectivity index (χ2n) is 5.06. The molecule has 1 amide bonds. The van der Waals surface area contributed by atoms with E-state index in [1.165, 1.54) is 0 Å². The zero-order valence-electron chi connectivity index (χ0n) is 10.0. The van der Waals surface area contributed by atoms with Crippen LogP contribution >= 0.6 is 0 Å². The number of carbonyl (C=O) groups excluding carboxylic acids is 1. The summed E-state index contributed by atoms with van der Waals surface area (Å²) in [5.74, 6) is 0.250. The van der Waals surface area contributed by atoms with Gasteiger partial charge in [-0.2, -0.15) is 5.10 Å². The SMILES string of the molecule is Cn1nccc1[C@@H]1[C@H](N)CCC(=O)N1C1CC1. The number of aryl methyl sites for hydroxylation is 1. The van der Waals surface area contributed by atoms with Gasteiger partial charge in [-0.1, -0.05) is 0 Å². The predicted molar refractivity (Wildman–Crippen MR) is 63.0 cm³/mol. The van der Waals surface area contributed by atoms with E-state index in [1.807, 2.05) is 22.7 Å². The Hall–Kier alpha value is -1.36. The van der Waals surface area contributed by atoms with Gasteiger partial charge in [0.1, 0.15) is 0 Å². The van der Waals surface area contributed by atoms with Gasteiger partial charge in [-0.3, -0.25) is 9.48 Å². The number of likely N-dealkylation sites (tertiary alicyclic amines) is 1. The Morgan fingerprint density at radius 3 is 2.76 bits per heavy atom. The molecule has 5 nitrogen and oxygen atoms in total. The average Bonchev–Trinajstić information content (AvgIpc) is 3.05. The first-order chi connectivity index (χ1) is 8.18. The molecular formula is C12H18N4O. The van der Waals surface area contributed by atoms with Gasteiger partial charge >= 0.3 is 0 Å². The highest BCUT2D eigenvalue weighted by atomic mass is 16.2. The van der Waals surface area contributed by atoms with Crippen LogP contribution in [0.4, 0.5) is 0 Å². The molecular weight excluding hydrogens is 216 g/mol. The van der Waals surface area contributed by atoms with Gasteiger partial charge < -0.3 is 10.6 Å². The normalized spacial score (nSPS) is 29.8. The standard InChI is InChI=1S/C12H18N4O/c1-15-10(6-7-14-15)12-9(13)4-5-11(17)16(12)8-2-3-8/h6-9,12H,2-5,13H2,1H3/t9-,12+/m1/s1. The van der Waals surface area contributed by atoms with Crippen LogP contribution in [0.15, 0.2) is 12.3 Å². The lowest BCUT2D eigenvalue weighted by Gasteiger charge is -2.39. The number of nitrogens with zero attached hydrogens (tertiary/aromatic N) is 3. The molecule has 0 aromatic carbocycles. The maximum Gasteiger partial charge on any atom is 0.223 e. The van der Waals surface area contributed by atoms with E-state index in [2.05, 4.69) is 5.10 Å². The summed E-state index contributed by atoms with van der Waals surface area (Å²) in [6, 6.07) is 2.42. The summed E-state index contributed by atoms with van der Waals surface area (Å²) in [5, 5.41) is 4.19. The lowest BCUT2D eigenvalue weighted by Crippen LogP contribution is -2.50. The molecule has 5 heteroatoms. The molecule has 2 fully saturated rings. The Labute approximate surface area is 101 Å². The van der Waals surface area contributed by atoms with Crippen LogP contribution in [-0.4, -0.2) is 32.7 Å². The number of rotatable bonds is 2. The highest BCUT2D eigenvalue weighted by molar-refractivity contribution is 5.78. The summed E-state index contributed by atoms with van der Waals surface area (Å²) in [6.07, 6.45) is 5.37. The summed E-state index contributed by atoms with van der Waals surface area (Å²) in [7, 11) is 1.91. The van der Waals surface area contributed by atoms with Crippen molar-refractivity contribution in [1.82, 2.24) is 14.7 Å². The number of carbonyl (C=O) groups is 1. The van der Waals surface area contributed by atoms with E-state index >= 15 is 0 Å². The average molecular weight is 234 g/mol. The van der Waals surface area contributed by atoms with Crippen LogP contribution < -0.4 is 5.73 Å². The highest BCUT2D eigenvalue weighted by Gasteiger charge is 2.43. The number of hydrogen-bond donors (Lipinski definition) is 1. The smallest absolute Gasteiger partial charge is 0.223 e. The Balaban J connectivity index is 1.97. The van der Waals surface area contributed by atoms with Crippen LogP contribution in [-0.2, 0) is 11.8 Å². The van der Waals surface area contributed by atoms with E-state index in [0.29, 0.717) is 12.5 Å². The Bertz CT molecular complexity index is 437. The van der Waals surface area contributed by atoms with Crippen LogP contribution in [0.1, 0.15) is 37.4 Å². The fourth-order valence-corrected chi connectivity index (χ4v) is 2.76. The quantitative estimate of drug-likeness (QED) is 0.813. The second-order valence-corrected chi connectivity index (χ2v) is 5.06. The number of amides is 1. The van der Waals surface area contributed by atoms with Crippen LogP contribution in [0.5, 0.6) is 0 Å². The van der Waals surface area contributed by atoms with Crippen molar-refractivity contribution in [3.8, 4) is 0 Å². The van der Waals surface area contributed by atoms with Gasteiger partial charge in [-0.15, -0.1) is 0 Å². The van der Waals surface area contributed by atoms with E-state index in [-0.39, 0.29) is 18.0 Å². The first-order valence-corrected chi connectivity index (χ1v) is 6.23. The van der Waals surface area contributed by atoms with Gasteiger partial charge in [0.15, 0.2) is 0 Å². The van der Waals surface area contributed by atoms with Crippen molar-refractivity contribution in [1.29, 1.82) is 0 Å². The number of nitrogens with two attached hydrogens (primary N) is 1. The summed E-state index contributed by atoms with van der Waals surface area (Å²) in [6.45, 7) is 0. The van der Waals surface area contributed by atoms with E-state index in [9.17, 15) is 4.79 Å². The van der Waals surface area contributed by atoms with Gasteiger partial charge in [-0.05, 0) is 25.3 Å². The monoisotopic (exact) mass is 234 g/mol. The zero-order chi connectivity index (χ0) is 12.0. The van der Waals surface area contributed by atoms with Gasteiger partial charge in [-0.25, -0.2) is 0 Å². The Kier molecular flexibility index (Phi) is 2.43. The Morgan fingerprint density at radius 2 is 2.18 bits per heavy atom. The third kappa shape index (κ3) is 1.74. The second kappa shape index (κ2) is 3.84. The van der Waals surface area contributed by atoms with Crippen molar-refractivity contribution in [2.24, 2.45) is 12.8 Å². The van der Waals surface area contributed by atoms with E-state index in [0.717, 1.165) is 25.0 Å². The fourth-order valence-electron chi connectivity index (χ4n) is 2.76. The van der Waals surface area contributed by atoms with Crippen LogP contribution in [0.25, 0.3) is 0 Å². The summed E-state index contributed by atoms with van der Waals surface area (Å²) in [4.78, 5) is 14.1. The highest BCUT2D eigenvalue weighted by Crippen LogP contribution is 2.39. The summed E-state index contributed by atoms with van der Waals surface area (Å²) < 4.78 is 1.83. The minimum atomic E-state index is 0.0104. The summed E-state index contributed by atoms with van der Waals surface area (Å²) >= 11 is 0. The minimum absolute atomic E-state index is 0.0104. The third-order valence-corrected chi connectivity index (χ3v) is 3.79. The molecule has 2 heterocycles. The summed E-state index contributed by atoms with van der Waals surface area (Å²) in [5.41, 5.74) is 7.28. The van der Waals surface area contributed by atoms with E-state index < -0.39 is 0 Å². The maximum absolute atomic E-state index is 12.1. The van der Waals surface area contributed by atoms with Crippen LogP contribution in [0.3, 0.4) is 0 Å². The molecule has 0 radical (unpaired) electrons. The lowest BCUT2D eigenvalue weighted by atomic mass is 9.93. The molecule has 1 saturated heterocycles. The molecule has 1 aromatic rings. The number of aromatic nitrogens is 2. The molecule has 1 aromatic heterocycles. The van der Waals surface area contributed by atoms with Crippen molar-refractivity contribution in [3.63, 3.8) is 0 Å². The van der Waals surface area contributed by atoms with Crippen molar-refractivity contribution in [2.45, 2.75) is 43.8 Å². The largest absolute Gasteiger partial charge is 0.330 e. The van der Waals surface area contributed by atoms with Gasteiger partial charge in [0.05, 0.1) is 11.7 Å². The van der Waals surface area contributed by atoms with Crippen LogP contribution in [0.2, 0.25) is 0 Å². The zero-order valence-corrected chi connectivity index (χ0v) is 10.0. The van der Waals surface area contributed by atoms with Crippen molar-refractivity contribution in [2.75, 3.05) is 0 Å². The number of hydrogen-bond acceptors (Lipinski definition) is 3. The number of piperidine rings is 1. The fraction of sp³-hybridized carbons (Fsp3) is 0.667. The molecule has 3 rings (SSSR count). The topological polar surface area (TPSA) is 64.2 Å². The molecule has 1 saturated carbocycles. The van der Waals surface area contributed by atoms with Crippen molar-refractivity contribution >= 4 is 5.91 Å². The molecule has 0 bridgehead atoms. The minimum Gasteiger partial charge on any atom is -0.330 e. The maximum atomic E-state index is 12.1. The van der Waals surface area contributed by atoms with Gasteiger partial charge in [0.2, 0.25) is 5.91 Å².